The molecule has 0 aliphatic rings. The summed E-state index contributed by atoms with van der Waals surface area (Å²) in [6.45, 7) is 5.83. The minimum Gasteiger partial charge on any atom is -0.392 e. The zero-order valence-electron chi connectivity index (χ0n) is 8.99. The summed E-state index contributed by atoms with van der Waals surface area (Å²) in [7, 11) is 0. The van der Waals surface area contributed by atoms with Crippen molar-refractivity contribution >= 4 is 0 Å². The van der Waals surface area contributed by atoms with Gasteiger partial charge in [-0.3, -0.25) is 0 Å². The molecule has 78 valence electrons. The first kappa shape index (κ1) is 11.2. The lowest BCUT2D eigenvalue weighted by atomic mass is 9.85. The molecule has 0 aromatic heterocycles. The molecule has 0 aliphatic heterocycles. The Balaban J connectivity index is 2.97. The van der Waals surface area contributed by atoms with Crippen LogP contribution in [0.15, 0.2) is 24.3 Å². The molecule has 1 unspecified atom stereocenters. The lowest BCUT2D eigenvalue weighted by Crippen LogP contribution is -2.27. The summed E-state index contributed by atoms with van der Waals surface area (Å²) in [6.07, 6.45) is 0. The second-order valence-electron chi connectivity index (χ2n) is 4.16. The maximum atomic E-state index is 10.2. The molecule has 0 saturated heterocycles. The van der Waals surface area contributed by atoms with Gasteiger partial charge in [0, 0.05) is 0 Å². The minimum atomic E-state index is -0.798. The molecular formula is C12H18O2. The molecule has 0 aliphatic carbocycles. The minimum absolute atomic E-state index is 0.0457. The molecule has 1 aromatic carbocycles. The van der Waals surface area contributed by atoms with Gasteiger partial charge in [-0.15, -0.1) is 0 Å². The van der Waals surface area contributed by atoms with Gasteiger partial charge >= 0.3 is 0 Å². The lowest BCUT2D eigenvalue weighted by molar-refractivity contribution is 0.00902. The number of aliphatic hydroxyl groups excluding tert-OH is 1. The fraction of sp³-hybridized carbons (Fsp3) is 0.500. The van der Waals surface area contributed by atoms with E-state index in [2.05, 4.69) is 0 Å². The number of rotatable bonds is 3. The van der Waals surface area contributed by atoms with Crippen molar-refractivity contribution in [2.24, 2.45) is 5.92 Å². The van der Waals surface area contributed by atoms with Gasteiger partial charge < -0.3 is 10.2 Å². The zero-order valence-corrected chi connectivity index (χ0v) is 8.99. The molecule has 0 bridgehead atoms. The van der Waals surface area contributed by atoms with Gasteiger partial charge in [-0.2, -0.15) is 0 Å². The molecule has 0 saturated carbocycles. The summed E-state index contributed by atoms with van der Waals surface area (Å²) in [5.74, 6) is 0.169. The third-order valence-corrected chi connectivity index (χ3v) is 2.85. The summed E-state index contributed by atoms with van der Waals surface area (Å²) >= 11 is 0. The molecule has 0 spiro atoms. The third-order valence-electron chi connectivity index (χ3n) is 2.85. The molecule has 1 aromatic rings. The Hall–Kier alpha value is -0.860. The van der Waals surface area contributed by atoms with Crippen LogP contribution in [0.5, 0.6) is 0 Å². The van der Waals surface area contributed by atoms with Crippen molar-refractivity contribution in [1.29, 1.82) is 0 Å². The Labute approximate surface area is 85.2 Å². The van der Waals surface area contributed by atoms with Crippen LogP contribution in [-0.2, 0) is 12.2 Å². The van der Waals surface area contributed by atoms with Crippen molar-refractivity contribution in [3.63, 3.8) is 0 Å². The molecule has 2 heteroatoms. The van der Waals surface area contributed by atoms with E-state index in [0.717, 1.165) is 11.1 Å². The van der Waals surface area contributed by atoms with Crippen LogP contribution in [0.2, 0.25) is 0 Å². The van der Waals surface area contributed by atoms with E-state index in [-0.39, 0.29) is 12.5 Å². The molecule has 0 amide bonds. The Morgan fingerprint density at radius 3 is 2.07 bits per heavy atom. The van der Waals surface area contributed by atoms with Gasteiger partial charge in [-0.25, -0.2) is 0 Å². The van der Waals surface area contributed by atoms with E-state index in [1.165, 1.54) is 0 Å². The van der Waals surface area contributed by atoms with Crippen molar-refractivity contribution in [3.8, 4) is 0 Å². The van der Waals surface area contributed by atoms with Gasteiger partial charge in [-0.1, -0.05) is 38.1 Å². The fourth-order valence-electron chi connectivity index (χ4n) is 1.28. The summed E-state index contributed by atoms with van der Waals surface area (Å²) in [5.41, 5.74) is 0.964. The summed E-state index contributed by atoms with van der Waals surface area (Å²) in [4.78, 5) is 0. The number of hydrogen-bond acceptors (Lipinski definition) is 2. The number of hydrogen-bond donors (Lipinski definition) is 2. The highest BCUT2D eigenvalue weighted by molar-refractivity contribution is 5.26. The van der Waals surface area contributed by atoms with Crippen LogP contribution in [0.25, 0.3) is 0 Å². The van der Waals surface area contributed by atoms with Crippen molar-refractivity contribution < 1.29 is 10.2 Å². The van der Waals surface area contributed by atoms with Gasteiger partial charge in [0.2, 0.25) is 0 Å². The highest BCUT2D eigenvalue weighted by atomic mass is 16.3. The molecule has 0 radical (unpaired) electrons. The van der Waals surface area contributed by atoms with Crippen LogP contribution in [0.4, 0.5) is 0 Å². The predicted octanol–water partition coefficient (Wildman–Crippen LogP) is 2.04. The quantitative estimate of drug-likeness (QED) is 0.773. The smallest absolute Gasteiger partial charge is 0.0891 e. The van der Waals surface area contributed by atoms with E-state index in [9.17, 15) is 5.11 Å². The van der Waals surface area contributed by atoms with Gasteiger partial charge in [0.25, 0.3) is 0 Å². The second kappa shape index (κ2) is 4.11. The normalized spacial score (nSPS) is 15.6. The summed E-state index contributed by atoms with van der Waals surface area (Å²) < 4.78 is 0. The van der Waals surface area contributed by atoms with Crippen molar-refractivity contribution in [3.05, 3.63) is 35.4 Å². The molecule has 1 rings (SSSR count). The van der Waals surface area contributed by atoms with E-state index in [0.29, 0.717) is 0 Å². The maximum absolute atomic E-state index is 10.2. The van der Waals surface area contributed by atoms with E-state index in [4.69, 9.17) is 5.11 Å². The predicted molar refractivity (Wildman–Crippen MR) is 56.8 cm³/mol. The molecule has 2 nitrogen and oxygen atoms in total. The Kier molecular flexibility index (Phi) is 3.29. The average Bonchev–Trinajstić information content (AvgIpc) is 2.17. The first-order valence-electron chi connectivity index (χ1n) is 4.91. The lowest BCUT2D eigenvalue weighted by Gasteiger charge is -2.28. The van der Waals surface area contributed by atoms with Gasteiger partial charge in [0.05, 0.1) is 12.2 Å². The van der Waals surface area contributed by atoms with Gasteiger partial charge in [0.1, 0.15) is 0 Å². The summed E-state index contributed by atoms with van der Waals surface area (Å²) in [6, 6.07) is 7.41. The largest absolute Gasteiger partial charge is 0.392 e. The highest BCUT2D eigenvalue weighted by Gasteiger charge is 2.26. The Bertz CT molecular complexity index is 286. The number of aliphatic hydroxyl groups is 2. The fourth-order valence-corrected chi connectivity index (χ4v) is 1.28. The molecule has 2 N–H and O–H groups in total. The topological polar surface area (TPSA) is 40.5 Å². The Morgan fingerprint density at radius 2 is 1.71 bits per heavy atom. The van der Waals surface area contributed by atoms with E-state index in [1.54, 1.807) is 0 Å². The van der Waals surface area contributed by atoms with Crippen LogP contribution in [0.1, 0.15) is 31.9 Å². The SMILES string of the molecule is CC(C)C(C)(O)c1ccc(CO)cc1. The van der Waals surface area contributed by atoms with Crippen LogP contribution < -0.4 is 0 Å². The standard InChI is InChI=1S/C12H18O2/c1-9(2)12(3,14)11-6-4-10(8-13)5-7-11/h4-7,9,13-14H,8H2,1-3H3. The van der Waals surface area contributed by atoms with Crippen LogP contribution in [0.3, 0.4) is 0 Å². The molecule has 0 fully saturated rings. The summed E-state index contributed by atoms with van der Waals surface area (Å²) in [5, 5.41) is 19.0. The molecule has 14 heavy (non-hydrogen) atoms. The van der Waals surface area contributed by atoms with Crippen LogP contribution in [-0.4, -0.2) is 10.2 Å². The molecular weight excluding hydrogens is 176 g/mol. The number of benzene rings is 1. The van der Waals surface area contributed by atoms with Crippen molar-refractivity contribution in [2.45, 2.75) is 33.0 Å². The zero-order chi connectivity index (χ0) is 10.8. The molecule has 1 atom stereocenters. The first-order chi connectivity index (χ1) is 6.48. The van der Waals surface area contributed by atoms with Crippen molar-refractivity contribution in [1.82, 2.24) is 0 Å². The Morgan fingerprint density at radius 1 is 1.21 bits per heavy atom. The monoisotopic (exact) mass is 194 g/mol. The molecule has 0 heterocycles. The van der Waals surface area contributed by atoms with E-state index >= 15 is 0 Å². The average molecular weight is 194 g/mol. The van der Waals surface area contributed by atoms with Gasteiger partial charge in [-0.05, 0) is 24.0 Å². The maximum Gasteiger partial charge on any atom is 0.0891 e. The third kappa shape index (κ3) is 2.14. The van der Waals surface area contributed by atoms with Gasteiger partial charge in [0.15, 0.2) is 0 Å². The van der Waals surface area contributed by atoms with Crippen LogP contribution >= 0.6 is 0 Å². The van der Waals surface area contributed by atoms with E-state index in [1.807, 2.05) is 45.0 Å². The first-order valence-corrected chi connectivity index (χ1v) is 4.91. The van der Waals surface area contributed by atoms with E-state index < -0.39 is 5.60 Å². The van der Waals surface area contributed by atoms with Crippen molar-refractivity contribution in [2.75, 3.05) is 0 Å². The van der Waals surface area contributed by atoms with Crippen LogP contribution in [0, 0.1) is 5.92 Å². The highest BCUT2D eigenvalue weighted by Crippen LogP contribution is 2.28. The second-order valence-corrected chi connectivity index (χ2v) is 4.16.